The summed E-state index contributed by atoms with van der Waals surface area (Å²) in [6, 6.07) is 6.33. The van der Waals surface area contributed by atoms with Crippen molar-refractivity contribution in [3.05, 3.63) is 51.7 Å². The van der Waals surface area contributed by atoms with Gasteiger partial charge in [0, 0.05) is 12.0 Å². The van der Waals surface area contributed by atoms with Crippen molar-refractivity contribution in [2.75, 3.05) is 6.61 Å². The van der Waals surface area contributed by atoms with Gasteiger partial charge in [-0.25, -0.2) is 4.39 Å². The summed E-state index contributed by atoms with van der Waals surface area (Å²) in [6.07, 6.45) is 0.576. The number of nitrogens with zero attached hydrogens (tertiary/aromatic N) is 1. The van der Waals surface area contributed by atoms with Crippen LogP contribution in [0.4, 0.5) is 4.39 Å². The molecule has 1 aliphatic heterocycles. The number of hydrogen-bond donors (Lipinski definition) is 1. The van der Waals surface area contributed by atoms with Crippen LogP contribution in [-0.2, 0) is 17.8 Å². The molecule has 88 valence electrons. The van der Waals surface area contributed by atoms with Gasteiger partial charge in [-0.2, -0.15) is 0 Å². The van der Waals surface area contributed by atoms with E-state index in [9.17, 15) is 9.18 Å². The van der Waals surface area contributed by atoms with Crippen molar-refractivity contribution in [1.82, 2.24) is 9.78 Å². The van der Waals surface area contributed by atoms with Gasteiger partial charge in [0.1, 0.15) is 5.82 Å². The van der Waals surface area contributed by atoms with Gasteiger partial charge in [-0.05, 0) is 12.1 Å². The highest BCUT2D eigenvalue weighted by Gasteiger charge is 2.20. The summed E-state index contributed by atoms with van der Waals surface area (Å²) >= 11 is 0. The maximum absolute atomic E-state index is 13.7. The first-order valence-corrected chi connectivity index (χ1v) is 5.43. The second-order valence-corrected chi connectivity index (χ2v) is 3.96. The Bertz CT molecular complexity index is 615. The number of aromatic nitrogens is 2. The van der Waals surface area contributed by atoms with Crippen LogP contribution in [0.3, 0.4) is 0 Å². The lowest BCUT2D eigenvalue weighted by Gasteiger charge is -2.14. The molecule has 0 bridgehead atoms. The van der Waals surface area contributed by atoms with Crippen LogP contribution in [0, 0.1) is 5.82 Å². The van der Waals surface area contributed by atoms with Gasteiger partial charge in [0.15, 0.2) is 0 Å². The smallest absolute Gasteiger partial charge is 0.268 e. The number of rotatable bonds is 1. The van der Waals surface area contributed by atoms with Gasteiger partial charge in [-0.1, -0.05) is 12.1 Å². The fraction of sp³-hybridized carbons (Fsp3) is 0.250. The van der Waals surface area contributed by atoms with Crippen molar-refractivity contribution in [1.29, 1.82) is 0 Å². The maximum Gasteiger partial charge on any atom is 0.268 e. The second-order valence-electron chi connectivity index (χ2n) is 3.96. The molecule has 0 saturated heterocycles. The molecule has 5 heteroatoms. The Hall–Kier alpha value is -1.88. The van der Waals surface area contributed by atoms with Gasteiger partial charge in [-0.3, -0.25) is 14.6 Å². The van der Waals surface area contributed by atoms with E-state index < -0.39 is 0 Å². The number of ether oxygens (including phenoxy) is 1. The quantitative estimate of drug-likeness (QED) is 0.810. The lowest BCUT2D eigenvalue weighted by Crippen LogP contribution is -2.15. The Labute approximate surface area is 96.6 Å². The third kappa shape index (κ3) is 1.59. The molecule has 0 amide bonds. The van der Waals surface area contributed by atoms with Crippen molar-refractivity contribution >= 4 is 0 Å². The average molecular weight is 234 g/mol. The molecule has 0 unspecified atom stereocenters. The fourth-order valence-corrected chi connectivity index (χ4v) is 2.09. The third-order valence-electron chi connectivity index (χ3n) is 2.93. The lowest BCUT2D eigenvalue weighted by molar-refractivity contribution is 0.106. The zero-order valence-corrected chi connectivity index (χ0v) is 9.07. The highest BCUT2D eigenvalue weighted by Crippen LogP contribution is 2.19. The first-order chi connectivity index (χ1) is 8.27. The third-order valence-corrected chi connectivity index (χ3v) is 2.93. The molecular weight excluding hydrogens is 223 g/mol. The fourth-order valence-electron chi connectivity index (χ4n) is 2.09. The van der Waals surface area contributed by atoms with E-state index in [2.05, 4.69) is 5.10 Å². The van der Waals surface area contributed by atoms with Gasteiger partial charge in [0.2, 0.25) is 0 Å². The van der Waals surface area contributed by atoms with Gasteiger partial charge in [0.05, 0.1) is 24.6 Å². The van der Waals surface area contributed by atoms with Gasteiger partial charge in [-0.15, -0.1) is 0 Å². The molecular formula is C12H11FN2O2. The highest BCUT2D eigenvalue weighted by molar-refractivity contribution is 5.36. The van der Waals surface area contributed by atoms with Crippen molar-refractivity contribution in [2.45, 2.75) is 13.0 Å². The number of hydrogen-bond acceptors (Lipinski definition) is 2. The number of nitrogens with one attached hydrogen (secondary N) is 1. The molecule has 0 radical (unpaired) electrons. The average Bonchev–Trinajstić information content (AvgIpc) is 2.68. The van der Waals surface area contributed by atoms with Crippen LogP contribution in [-0.4, -0.2) is 16.4 Å². The molecule has 3 rings (SSSR count). The van der Waals surface area contributed by atoms with Crippen LogP contribution in [0.2, 0.25) is 0 Å². The summed E-state index contributed by atoms with van der Waals surface area (Å²) in [5.74, 6) is -0.368. The summed E-state index contributed by atoms with van der Waals surface area (Å²) in [6.45, 7) is 0.875. The molecule has 17 heavy (non-hydrogen) atoms. The largest absolute Gasteiger partial charge is 0.375 e. The van der Waals surface area contributed by atoms with Crippen molar-refractivity contribution in [3.63, 3.8) is 0 Å². The predicted octanol–water partition coefficient (Wildman–Crippen LogP) is 1.38. The van der Waals surface area contributed by atoms with E-state index in [4.69, 9.17) is 4.74 Å². The molecule has 1 aromatic carbocycles. The number of benzene rings is 1. The number of halogens is 1. The molecule has 2 aromatic rings. The molecule has 1 aliphatic rings. The molecule has 1 N–H and O–H groups in total. The lowest BCUT2D eigenvalue weighted by atomic mass is 10.1. The minimum absolute atomic E-state index is 0.161. The van der Waals surface area contributed by atoms with Crippen molar-refractivity contribution in [2.24, 2.45) is 0 Å². The summed E-state index contributed by atoms with van der Waals surface area (Å²) in [7, 11) is 0. The molecule has 4 nitrogen and oxygen atoms in total. The maximum atomic E-state index is 13.7. The van der Waals surface area contributed by atoms with Crippen LogP contribution >= 0.6 is 0 Å². The minimum Gasteiger partial charge on any atom is -0.375 e. The van der Waals surface area contributed by atoms with Crippen molar-refractivity contribution in [3.8, 4) is 5.69 Å². The number of aromatic amines is 1. The Morgan fingerprint density at radius 1 is 1.35 bits per heavy atom. The topological polar surface area (TPSA) is 47.0 Å². The molecule has 0 spiro atoms. The Morgan fingerprint density at radius 2 is 2.18 bits per heavy atom. The van der Waals surface area contributed by atoms with Crippen LogP contribution in [0.25, 0.3) is 5.69 Å². The zero-order valence-electron chi connectivity index (χ0n) is 9.07. The Kier molecular flexibility index (Phi) is 2.33. The highest BCUT2D eigenvalue weighted by atomic mass is 19.1. The molecule has 2 heterocycles. The molecule has 1 aromatic heterocycles. The van der Waals surface area contributed by atoms with Crippen LogP contribution in [0.1, 0.15) is 11.3 Å². The first kappa shape index (κ1) is 10.3. The monoisotopic (exact) mass is 234 g/mol. The van der Waals surface area contributed by atoms with Gasteiger partial charge < -0.3 is 4.74 Å². The zero-order chi connectivity index (χ0) is 11.8. The second kappa shape index (κ2) is 3.85. The van der Waals surface area contributed by atoms with Gasteiger partial charge >= 0.3 is 0 Å². The van der Waals surface area contributed by atoms with Crippen LogP contribution < -0.4 is 5.56 Å². The van der Waals surface area contributed by atoms with E-state index in [-0.39, 0.29) is 11.4 Å². The normalized spacial score (nSPS) is 14.6. The van der Waals surface area contributed by atoms with Crippen LogP contribution in [0.5, 0.6) is 0 Å². The van der Waals surface area contributed by atoms with Gasteiger partial charge in [0.25, 0.3) is 5.56 Å². The predicted molar refractivity (Wildman–Crippen MR) is 59.7 cm³/mol. The summed E-state index contributed by atoms with van der Waals surface area (Å²) in [5, 5.41) is 2.65. The summed E-state index contributed by atoms with van der Waals surface area (Å²) in [5.41, 5.74) is 1.59. The number of fused-ring (bicyclic) bond motifs is 1. The first-order valence-electron chi connectivity index (χ1n) is 5.43. The summed E-state index contributed by atoms with van der Waals surface area (Å²) < 4.78 is 20.5. The van der Waals surface area contributed by atoms with Crippen LogP contribution in [0.15, 0.2) is 29.1 Å². The van der Waals surface area contributed by atoms with Crippen molar-refractivity contribution < 1.29 is 9.13 Å². The Morgan fingerprint density at radius 3 is 3.00 bits per heavy atom. The molecule has 0 fully saturated rings. The standard InChI is InChI=1S/C12H11FN2O2/c13-9-3-1-2-4-10(9)15-11-7-17-6-5-8(11)12(16)14-15/h1-4H,5-7H2,(H,14,16). The van der Waals surface area contributed by atoms with E-state index in [0.29, 0.717) is 36.6 Å². The molecule has 0 aliphatic carbocycles. The van der Waals surface area contributed by atoms with E-state index >= 15 is 0 Å². The number of H-pyrrole nitrogens is 1. The number of para-hydroxylation sites is 1. The molecule has 0 atom stereocenters. The van der Waals surface area contributed by atoms with E-state index in [1.165, 1.54) is 10.7 Å². The van der Waals surface area contributed by atoms with E-state index in [0.717, 1.165) is 0 Å². The molecule has 0 saturated carbocycles. The Balaban J connectivity index is 2.22. The minimum atomic E-state index is -0.368. The van der Waals surface area contributed by atoms with E-state index in [1.807, 2.05) is 0 Å². The summed E-state index contributed by atoms with van der Waals surface area (Å²) in [4.78, 5) is 11.7. The SMILES string of the molecule is O=c1[nH]n(-c2ccccc2F)c2c1CCOC2. The van der Waals surface area contributed by atoms with E-state index in [1.54, 1.807) is 18.2 Å².